The summed E-state index contributed by atoms with van der Waals surface area (Å²) in [6.45, 7) is 2.60. The van der Waals surface area contributed by atoms with Crippen LogP contribution in [0, 0.1) is 0 Å². The van der Waals surface area contributed by atoms with Gasteiger partial charge in [0.2, 0.25) is 0 Å². The fourth-order valence-corrected chi connectivity index (χ4v) is 3.38. The molecule has 3 N–H and O–H groups in total. The first-order valence-electron chi connectivity index (χ1n) is 6.04. The lowest BCUT2D eigenvalue weighted by Crippen LogP contribution is -2.14. The average Bonchev–Trinajstić information content (AvgIpc) is 2.74. The highest BCUT2D eigenvalue weighted by Crippen LogP contribution is 2.26. The first-order valence-corrected chi connectivity index (χ1v) is 8.32. The van der Waals surface area contributed by atoms with Gasteiger partial charge in [0.15, 0.2) is 5.82 Å². The summed E-state index contributed by atoms with van der Waals surface area (Å²) in [6, 6.07) is 6.96. The van der Waals surface area contributed by atoms with E-state index < -0.39 is 10.0 Å². The van der Waals surface area contributed by atoms with Gasteiger partial charge in [0.05, 0.1) is 5.69 Å². The lowest BCUT2D eigenvalue weighted by molar-refractivity contribution is 0.595. The number of hydrogen-bond acceptors (Lipinski definition) is 4. The predicted octanol–water partition coefficient (Wildman–Crippen LogP) is 2.44. The maximum atomic E-state index is 12.3. The standard InChI is InChI=1S/C12H15BrN4O2S/c1-2-7-17-8-11(12(14)15-17)20(18,19)16-10-6-4-3-5-9(10)13/h3-6,8,16H,2,7H2,1H3,(H2,14,15). The Morgan fingerprint density at radius 3 is 2.75 bits per heavy atom. The number of hydrogen-bond donors (Lipinski definition) is 2. The van der Waals surface area contributed by atoms with E-state index in [9.17, 15) is 8.42 Å². The fourth-order valence-electron chi connectivity index (χ4n) is 1.71. The second kappa shape index (κ2) is 5.84. The largest absolute Gasteiger partial charge is 0.381 e. The van der Waals surface area contributed by atoms with Crippen molar-refractivity contribution in [3.8, 4) is 0 Å². The molecule has 0 radical (unpaired) electrons. The van der Waals surface area contributed by atoms with Crippen LogP contribution < -0.4 is 10.5 Å². The number of para-hydroxylation sites is 1. The molecule has 1 heterocycles. The lowest BCUT2D eigenvalue weighted by Gasteiger charge is -2.08. The van der Waals surface area contributed by atoms with Crippen LogP contribution in [-0.2, 0) is 16.6 Å². The number of nitrogen functional groups attached to an aromatic ring is 1. The number of aryl methyl sites for hydroxylation is 1. The van der Waals surface area contributed by atoms with Crippen molar-refractivity contribution in [1.29, 1.82) is 0 Å². The summed E-state index contributed by atoms with van der Waals surface area (Å²) >= 11 is 3.29. The van der Waals surface area contributed by atoms with Crippen LogP contribution in [0.3, 0.4) is 0 Å². The van der Waals surface area contributed by atoms with E-state index in [1.807, 2.05) is 6.92 Å². The Balaban J connectivity index is 2.33. The summed E-state index contributed by atoms with van der Waals surface area (Å²) in [5.74, 6) is -0.00185. The summed E-state index contributed by atoms with van der Waals surface area (Å²) in [5, 5.41) is 3.99. The van der Waals surface area contributed by atoms with Gasteiger partial charge in [0.1, 0.15) is 4.90 Å². The molecule has 0 atom stereocenters. The Morgan fingerprint density at radius 1 is 1.40 bits per heavy atom. The van der Waals surface area contributed by atoms with Gasteiger partial charge >= 0.3 is 0 Å². The van der Waals surface area contributed by atoms with Crippen molar-refractivity contribution in [2.24, 2.45) is 0 Å². The van der Waals surface area contributed by atoms with E-state index in [0.717, 1.165) is 6.42 Å². The molecule has 1 aromatic heterocycles. The van der Waals surface area contributed by atoms with Gasteiger partial charge < -0.3 is 5.73 Å². The monoisotopic (exact) mass is 358 g/mol. The number of aromatic nitrogens is 2. The van der Waals surface area contributed by atoms with Crippen LogP contribution in [0.1, 0.15) is 13.3 Å². The number of anilines is 2. The van der Waals surface area contributed by atoms with Crippen LogP contribution in [0.25, 0.3) is 0 Å². The smallest absolute Gasteiger partial charge is 0.267 e. The fraction of sp³-hybridized carbons (Fsp3) is 0.250. The van der Waals surface area contributed by atoms with E-state index >= 15 is 0 Å². The summed E-state index contributed by atoms with van der Waals surface area (Å²) in [4.78, 5) is -0.0123. The lowest BCUT2D eigenvalue weighted by atomic mass is 10.3. The van der Waals surface area contributed by atoms with E-state index in [1.54, 1.807) is 24.3 Å². The summed E-state index contributed by atoms with van der Waals surface area (Å²) in [5.41, 5.74) is 6.14. The molecule has 0 bridgehead atoms. The summed E-state index contributed by atoms with van der Waals surface area (Å²) in [6.07, 6.45) is 2.29. The van der Waals surface area contributed by atoms with Crippen LogP contribution in [-0.4, -0.2) is 18.2 Å². The Hall–Kier alpha value is -1.54. The van der Waals surface area contributed by atoms with Gasteiger partial charge in [-0.05, 0) is 34.5 Å². The van der Waals surface area contributed by atoms with Gasteiger partial charge in [-0.2, -0.15) is 5.10 Å². The zero-order chi connectivity index (χ0) is 14.8. The van der Waals surface area contributed by atoms with Crippen molar-refractivity contribution in [1.82, 2.24) is 9.78 Å². The number of rotatable bonds is 5. The van der Waals surface area contributed by atoms with E-state index in [1.165, 1.54) is 10.9 Å². The molecule has 1 aromatic carbocycles. The molecule has 0 saturated heterocycles. The molecule has 0 aliphatic heterocycles. The van der Waals surface area contributed by atoms with Crippen LogP contribution in [0.15, 0.2) is 39.8 Å². The molecule has 20 heavy (non-hydrogen) atoms. The highest BCUT2D eigenvalue weighted by Gasteiger charge is 2.21. The third-order valence-electron chi connectivity index (χ3n) is 2.62. The van der Waals surface area contributed by atoms with Gasteiger partial charge in [-0.25, -0.2) is 8.42 Å². The molecule has 0 fully saturated rings. The quantitative estimate of drug-likeness (QED) is 0.858. The average molecular weight is 359 g/mol. The van der Waals surface area contributed by atoms with Gasteiger partial charge in [-0.3, -0.25) is 9.40 Å². The van der Waals surface area contributed by atoms with Gasteiger partial charge in [-0.15, -0.1) is 0 Å². The Bertz CT molecular complexity index is 712. The third-order valence-corrected chi connectivity index (χ3v) is 4.69. The Labute approximate surface area is 126 Å². The van der Waals surface area contributed by atoms with Crippen LogP contribution >= 0.6 is 15.9 Å². The molecule has 0 amide bonds. The molecule has 8 heteroatoms. The van der Waals surface area contributed by atoms with E-state index in [2.05, 4.69) is 25.8 Å². The highest BCUT2D eigenvalue weighted by atomic mass is 79.9. The number of benzene rings is 1. The maximum absolute atomic E-state index is 12.3. The first kappa shape index (κ1) is 14.9. The Morgan fingerprint density at radius 2 is 2.10 bits per heavy atom. The van der Waals surface area contributed by atoms with Gasteiger partial charge in [0, 0.05) is 17.2 Å². The second-order valence-electron chi connectivity index (χ2n) is 4.23. The highest BCUT2D eigenvalue weighted by molar-refractivity contribution is 9.10. The minimum Gasteiger partial charge on any atom is -0.381 e. The van der Waals surface area contributed by atoms with Crippen molar-refractivity contribution in [3.05, 3.63) is 34.9 Å². The van der Waals surface area contributed by atoms with Gasteiger partial charge in [-0.1, -0.05) is 19.1 Å². The SMILES string of the molecule is CCCn1cc(S(=O)(=O)Nc2ccccc2Br)c(N)n1. The topological polar surface area (TPSA) is 90.0 Å². The second-order valence-corrected chi connectivity index (χ2v) is 6.73. The number of halogens is 1. The zero-order valence-corrected chi connectivity index (χ0v) is 13.3. The number of nitrogens with two attached hydrogens (primary N) is 1. The van der Waals surface area contributed by atoms with Crippen molar-refractivity contribution < 1.29 is 8.42 Å². The van der Waals surface area contributed by atoms with Crippen molar-refractivity contribution in [3.63, 3.8) is 0 Å². The molecule has 2 aromatic rings. The third kappa shape index (κ3) is 3.13. The number of sulfonamides is 1. The van der Waals surface area contributed by atoms with Crippen molar-refractivity contribution in [2.75, 3.05) is 10.5 Å². The normalized spacial score (nSPS) is 11.5. The minimum atomic E-state index is -3.75. The molecule has 0 saturated carbocycles. The molecule has 2 rings (SSSR count). The van der Waals surface area contributed by atoms with Crippen LogP contribution in [0.2, 0.25) is 0 Å². The van der Waals surface area contributed by atoms with Crippen LogP contribution in [0.5, 0.6) is 0 Å². The summed E-state index contributed by atoms with van der Waals surface area (Å²) < 4.78 is 29.3. The minimum absolute atomic E-state index is 0.00185. The van der Waals surface area contributed by atoms with Gasteiger partial charge in [0.25, 0.3) is 10.0 Å². The Kier molecular flexibility index (Phi) is 4.34. The summed E-state index contributed by atoms with van der Waals surface area (Å²) in [7, 11) is -3.75. The molecule has 0 spiro atoms. The predicted molar refractivity (Wildman–Crippen MR) is 81.9 cm³/mol. The van der Waals surface area contributed by atoms with Crippen molar-refractivity contribution >= 4 is 37.5 Å². The van der Waals surface area contributed by atoms with E-state index in [-0.39, 0.29) is 10.7 Å². The van der Waals surface area contributed by atoms with E-state index in [4.69, 9.17) is 5.73 Å². The molecule has 0 unspecified atom stereocenters. The van der Waals surface area contributed by atoms with E-state index in [0.29, 0.717) is 16.7 Å². The molecule has 108 valence electrons. The first-order chi connectivity index (χ1) is 9.44. The number of nitrogens with zero attached hydrogens (tertiary/aromatic N) is 2. The molecule has 0 aliphatic rings. The molecule has 0 aliphatic carbocycles. The molecular weight excluding hydrogens is 344 g/mol. The maximum Gasteiger partial charge on any atom is 0.267 e. The molecule has 6 nitrogen and oxygen atoms in total. The molecular formula is C12H15BrN4O2S. The zero-order valence-electron chi connectivity index (χ0n) is 10.9. The van der Waals surface area contributed by atoms with Crippen LogP contribution in [0.4, 0.5) is 11.5 Å². The number of nitrogens with one attached hydrogen (secondary N) is 1. The van der Waals surface area contributed by atoms with Crippen molar-refractivity contribution in [2.45, 2.75) is 24.8 Å².